The normalized spacial score (nSPS) is 17.4. The first kappa shape index (κ1) is 22.7. The monoisotopic (exact) mass is 479 g/mol. The number of imidazole rings is 1. The van der Waals surface area contributed by atoms with Crippen molar-refractivity contribution in [3.05, 3.63) is 52.5 Å². The van der Waals surface area contributed by atoms with Gasteiger partial charge in [0.2, 0.25) is 17.8 Å². The van der Waals surface area contributed by atoms with E-state index in [1.165, 1.54) is 12.8 Å². The van der Waals surface area contributed by atoms with Crippen molar-refractivity contribution in [1.29, 1.82) is 0 Å². The highest BCUT2D eigenvalue weighted by Gasteiger charge is 2.30. The smallest absolute Gasteiger partial charge is 0.248 e. The molecule has 2 fully saturated rings. The van der Waals surface area contributed by atoms with Crippen LogP contribution in [0.4, 0.5) is 5.95 Å². The first-order chi connectivity index (χ1) is 16.4. The van der Waals surface area contributed by atoms with E-state index in [1.807, 2.05) is 31.2 Å². The predicted molar refractivity (Wildman–Crippen MR) is 135 cm³/mol. The number of aryl methyl sites for hydroxylation is 1. The molecule has 34 heavy (non-hydrogen) atoms. The summed E-state index contributed by atoms with van der Waals surface area (Å²) in [6.07, 6.45) is 6.22. The minimum absolute atomic E-state index is 0.0428. The summed E-state index contributed by atoms with van der Waals surface area (Å²) in [5.74, 6) is 0.603. The van der Waals surface area contributed by atoms with Gasteiger partial charge in [-0.3, -0.25) is 14.2 Å². The van der Waals surface area contributed by atoms with Gasteiger partial charge in [-0.25, -0.2) is 4.98 Å². The number of nitrogens with one attached hydrogen (secondary N) is 1. The Labute approximate surface area is 204 Å². The number of aromatic nitrogens is 2. The molecular formula is C26H30ClN5O2. The van der Waals surface area contributed by atoms with E-state index in [2.05, 4.69) is 14.8 Å². The number of nitrogens with zero attached hydrogens (tertiary/aromatic N) is 3. The fraction of sp³-hybridized carbons (Fsp3) is 0.423. The van der Waals surface area contributed by atoms with Crippen LogP contribution in [0.5, 0.6) is 0 Å². The van der Waals surface area contributed by atoms with E-state index in [1.54, 1.807) is 12.1 Å². The van der Waals surface area contributed by atoms with Gasteiger partial charge < -0.3 is 16.0 Å². The van der Waals surface area contributed by atoms with Crippen LogP contribution in [0.25, 0.3) is 16.7 Å². The highest BCUT2D eigenvalue weighted by atomic mass is 35.5. The first-order valence-corrected chi connectivity index (χ1v) is 12.4. The van der Waals surface area contributed by atoms with Crippen LogP contribution in [-0.4, -0.2) is 40.5 Å². The fourth-order valence-corrected chi connectivity index (χ4v) is 5.32. The Balaban J connectivity index is 1.43. The second kappa shape index (κ2) is 9.29. The SMILES string of the molecule is Cc1cc2c(cc1Cl)nc(N1CCC(C(=O)NC3CCCC3)CC1)n2-c1ccc(C(N)=O)cc1. The Morgan fingerprint density at radius 1 is 1.06 bits per heavy atom. The molecule has 2 amide bonds. The van der Waals surface area contributed by atoms with Crippen LogP contribution in [0, 0.1) is 12.8 Å². The third-order valence-corrected chi connectivity index (χ3v) is 7.58. The lowest BCUT2D eigenvalue weighted by molar-refractivity contribution is -0.126. The van der Waals surface area contributed by atoms with Gasteiger partial charge in [0.25, 0.3) is 0 Å². The van der Waals surface area contributed by atoms with Gasteiger partial charge in [-0.15, -0.1) is 0 Å². The summed E-state index contributed by atoms with van der Waals surface area (Å²) in [7, 11) is 0. The van der Waals surface area contributed by atoms with Crippen LogP contribution in [0.1, 0.15) is 54.4 Å². The van der Waals surface area contributed by atoms with E-state index in [0.717, 1.165) is 67.0 Å². The summed E-state index contributed by atoms with van der Waals surface area (Å²) in [5, 5.41) is 3.93. The number of piperidine rings is 1. The average molecular weight is 480 g/mol. The number of hydrogen-bond acceptors (Lipinski definition) is 4. The maximum absolute atomic E-state index is 12.8. The number of halogens is 1. The number of amides is 2. The van der Waals surface area contributed by atoms with Crippen molar-refractivity contribution in [3.8, 4) is 5.69 Å². The molecule has 3 aromatic rings. The Morgan fingerprint density at radius 3 is 2.38 bits per heavy atom. The van der Waals surface area contributed by atoms with Gasteiger partial charge in [0.1, 0.15) is 0 Å². The van der Waals surface area contributed by atoms with E-state index in [-0.39, 0.29) is 11.8 Å². The Bertz CT molecular complexity index is 1220. The van der Waals surface area contributed by atoms with Gasteiger partial charge in [0, 0.05) is 41.3 Å². The molecule has 0 radical (unpaired) electrons. The van der Waals surface area contributed by atoms with Crippen LogP contribution in [0.15, 0.2) is 36.4 Å². The molecule has 0 bridgehead atoms. The molecule has 2 heterocycles. The van der Waals surface area contributed by atoms with Crippen LogP contribution < -0.4 is 16.0 Å². The number of benzene rings is 2. The molecule has 178 valence electrons. The molecule has 5 rings (SSSR count). The maximum Gasteiger partial charge on any atom is 0.248 e. The zero-order valence-electron chi connectivity index (χ0n) is 19.4. The number of carbonyl (C=O) groups excluding carboxylic acids is 2. The van der Waals surface area contributed by atoms with Crippen molar-refractivity contribution < 1.29 is 9.59 Å². The van der Waals surface area contributed by atoms with Gasteiger partial charge in [-0.1, -0.05) is 24.4 Å². The lowest BCUT2D eigenvalue weighted by Crippen LogP contribution is -2.43. The van der Waals surface area contributed by atoms with Crippen molar-refractivity contribution in [2.24, 2.45) is 11.7 Å². The van der Waals surface area contributed by atoms with Crippen LogP contribution in [0.3, 0.4) is 0 Å². The largest absolute Gasteiger partial charge is 0.366 e. The Hall–Kier alpha value is -3.06. The average Bonchev–Trinajstić information content (AvgIpc) is 3.47. The Morgan fingerprint density at radius 2 is 1.74 bits per heavy atom. The topological polar surface area (TPSA) is 93.2 Å². The zero-order valence-corrected chi connectivity index (χ0v) is 20.1. The fourth-order valence-electron chi connectivity index (χ4n) is 5.16. The van der Waals surface area contributed by atoms with Gasteiger partial charge in [0.15, 0.2) is 0 Å². The number of nitrogens with two attached hydrogens (primary N) is 1. The van der Waals surface area contributed by atoms with Gasteiger partial charge in [-0.2, -0.15) is 0 Å². The number of anilines is 1. The standard InChI is InChI=1S/C26H30ClN5O2/c1-16-14-23-22(15-21(16)27)30-26(32(23)20-8-6-17(7-9-20)24(28)33)31-12-10-18(11-13-31)25(34)29-19-4-2-3-5-19/h6-9,14-15,18-19H,2-5,10-13H2,1H3,(H2,28,33)(H,29,34). The van der Waals surface area contributed by atoms with Crippen LogP contribution in [-0.2, 0) is 4.79 Å². The van der Waals surface area contributed by atoms with E-state index < -0.39 is 5.91 Å². The molecule has 0 unspecified atom stereocenters. The number of rotatable bonds is 5. The first-order valence-electron chi connectivity index (χ1n) is 12.0. The van der Waals surface area contributed by atoms with Crippen LogP contribution in [0.2, 0.25) is 5.02 Å². The Kier molecular flexibility index (Phi) is 6.21. The molecule has 3 N–H and O–H groups in total. The number of fused-ring (bicyclic) bond motifs is 1. The molecule has 0 spiro atoms. The lowest BCUT2D eigenvalue weighted by Gasteiger charge is -2.33. The highest BCUT2D eigenvalue weighted by molar-refractivity contribution is 6.32. The third-order valence-electron chi connectivity index (χ3n) is 7.18. The molecule has 0 atom stereocenters. The van der Waals surface area contributed by atoms with Gasteiger partial charge >= 0.3 is 0 Å². The summed E-state index contributed by atoms with van der Waals surface area (Å²) in [5.41, 5.74) is 9.52. The summed E-state index contributed by atoms with van der Waals surface area (Å²) in [6, 6.07) is 11.5. The second-order valence-corrected chi connectivity index (χ2v) is 9.91. The quantitative estimate of drug-likeness (QED) is 0.568. The molecule has 1 saturated heterocycles. The van der Waals surface area contributed by atoms with E-state index >= 15 is 0 Å². The number of carbonyl (C=O) groups is 2. The molecule has 1 aromatic heterocycles. The van der Waals surface area contributed by atoms with E-state index in [4.69, 9.17) is 22.3 Å². The second-order valence-electron chi connectivity index (χ2n) is 9.50. The van der Waals surface area contributed by atoms with E-state index in [0.29, 0.717) is 16.6 Å². The molecule has 1 aliphatic heterocycles. The minimum atomic E-state index is -0.456. The molecule has 2 aliphatic rings. The lowest BCUT2D eigenvalue weighted by atomic mass is 9.95. The summed E-state index contributed by atoms with van der Waals surface area (Å²) in [4.78, 5) is 31.5. The van der Waals surface area contributed by atoms with Crippen molar-refractivity contribution in [2.75, 3.05) is 18.0 Å². The molecule has 2 aromatic carbocycles. The number of hydrogen-bond donors (Lipinski definition) is 2. The van der Waals surface area contributed by atoms with Crippen molar-refractivity contribution in [1.82, 2.24) is 14.9 Å². The molecule has 1 saturated carbocycles. The van der Waals surface area contributed by atoms with Crippen molar-refractivity contribution in [2.45, 2.75) is 51.5 Å². The molecule has 1 aliphatic carbocycles. The van der Waals surface area contributed by atoms with Crippen LogP contribution >= 0.6 is 11.6 Å². The predicted octanol–water partition coefficient (Wildman–Crippen LogP) is 4.36. The molecule has 8 heteroatoms. The summed E-state index contributed by atoms with van der Waals surface area (Å²) < 4.78 is 2.10. The third kappa shape index (κ3) is 4.37. The molecule has 7 nitrogen and oxygen atoms in total. The van der Waals surface area contributed by atoms with Crippen molar-refractivity contribution in [3.63, 3.8) is 0 Å². The number of primary amides is 1. The van der Waals surface area contributed by atoms with Gasteiger partial charge in [0.05, 0.1) is 11.0 Å². The molecular weight excluding hydrogens is 450 g/mol. The van der Waals surface area contributed by atoms with Crippen molar-refractivity contribution >= 4 is 40.4 Å². The highest BCUT2D eigenvalue weighted by Crippen LogP contribution is 2.33. The summed E-state index contributed by atoms with van der Waals surface area (Å²) in [6.45, 7) is 3.47. The maximum atomic E-state index is 12.8. The summed E-state index contributed by atoms with van der Waals surface area (Å²) >= 11 is 6.40. The zero-order chi connectivity index (χ0) is 23.8. The minimum Gasteiger partial charge on any atom is -0.366 e. The van der Waals surface area contributed by atoms with Gasteiger partial charge in [-0.05, 0) is 74.6 Å². The van der Waals surface area contributed by atoms with E-state index in [9.17, 15) is 9.59 Å².